The van der Waals surface area contributed by atoms with E-state index < -0.39 is 0 Å². The minimum atomic E-state index is 0.00296. The van der Waals surface area contributed by atoms with Gasteiger partial charge in [0.15, 0.2) is 5.16 Å². The molecule has 0 radical (unpaired) electrons. The molecule has 2 aliphatic rings. The van der Waals surface area contributed by atoms with Crippen LogP contribution in [0.15, 0.2) is 22.6 Å². The number of nitrogens with zero attached hydrogens (tertiary/aromatic N) is 2. The van der Waals surface area contributed by atoms with Gasteiger partial charge in [-0.25, -0.2) is 4.98 Å². The van der Waals surface area contributed by atoms with Crippen LogP contribution in [0.1, 0.15) is 43.6 Å². The Kier molecular flexibility index (Phi) is 5.65. The van der Waals surface area contributed by atoms with Crippen LogP contribution in [0.4, 0.5) is 0 Å². The van der Waals surface area contributed by atoms with E-state index in [4.69, 9.17) is 4.98 Å². The van der Waals surface area contributed by atoms with Crippen LogP contribution in [-0.2, 0) is 24.2 Å². The smallest absolute Gasteiger partial charge is 0.263 e. The number of hydrogen-bond donors (Lipinski definition) is 1. The lowest BCUT2D eigenvalue weighted by molar-refractivity contribution is -0.119. The van der Waals surface area contributed by atoms with Gasteiger partial charge in [0.2, 0.25) is 5.91 Å². The minimum Gasteiger partial charge on any atom is -0.353 e. The molecule has 0 unspecified atom stereocenters. The second kappa shape index (κ2) is 8.03. The summed E-state index contributed by atoms with van der Waals surface area (Å²) in [4.78, 5) is 32.5. The third-order valence-corrected chi connectivity index (χ3v) is 7.87. The van der Waals surface area contributed by atoms with E-state index >= 15 is 0 Å². The molecule has 1 fully saturated rings. The standard InChI is InChI=1S/C21H27N3O2S2/c1-4-9-24-20(26)18-15-8-5-12(2)10-16(15)28-19(18)23-21(24)27-11-17(25)22-13(3)14-6-7-14/h4,12-14H,1,5-11H2,2-3H3,(H,22,25)/t12-,13-/m0/s1. The van der Waals surface area contributed by atoms with Crippen LogP contribution in [0.3, 0.4) is 0 Å². The molecule has 28 heavy (non-hydrogen) atoms. The van der Waals surface area contributed by atoms with Crippen molar-refractivity contribution in [1.29, 1.82) is 0 Å². The number of thioether (sulfide) groups is 1. The molecule has 5 nitrogen and oxygen atoms in total. The SMILES string of the molecule is C=CCn1c(SCC(=O)N[C@@H](C)C2CC2)nc2sc3c(c2c1=O)CC[C@H](C)C3. The quantitative estimate of drug-likeness (QED) is 0.423. The molecule has 2 aromatic heterocycles. The Morgan fingerprint density at radius 1 is 1.46 bits per heavy atom. The van der Waals surface area contributed by atoms with E-state index in [1.165, 1.54) is 35.0 Å². The highest BCUT2D eigenvalue weighted by Gasteiger charge is 2.29. The van der Waals surface area contributed by atoms with Gasteiger partial charge in [-0.05, 0) is 56.4 Å². The number of allylic oxidation sites excluding steroid dienone is 1. The van der Waals surface area contributed by atoms with E-state index in [0.29, 0.717) is 23.5 Å². The Balaban J connectivity index is 1.61. The summed E-state index contributed by atoms with van der Waals surface area (Å²) >= 11 is 2.99. The van der Waals surface area contributed by atoms with Gasteiger partial charge in [-0.15, -0.1) is 17.9 Å². The molecule has 0 aromatic carbocycles. The van der Waals surface area contributed by atoms with Crippen molar-refractivity contribution in [2.45, 2.75) is 63.7 Å². The van der Waals surface area contributed by atoms with Crippen LogP contribution < -0.4 is 10.9 Å². The van der Waals surface area contributed by atoms with Crippen molar-refractivity contribution in [3.63, 3.8) is 0 Å². The Morgan fingerprint density at radius 3 is 2.96 bits per heavy atom. The van der Waals surface area contributed by atoms with Crippen molar-refractivity contribution < 1.29 is 4.79 Å². The zero-order valence-corrected chi connectivity index (χ0v) is 18.1. The molecule has 0 saturated heterocycles. The molecular weight excluding hydrogens is 390 g/mol. The molecule has 4 rings (SSSR count). The van der Waals surface area contributed by atoms with Crippen molar-refractivity contribution in [3.05, 3.63) is 33.4 Å². The van der Waals surface area contributed by atoms with Gasteiger partial charge in [0.25, 0.3) is 5.56 Å². The predicted molar refractivity (Wildman–Crippen MR) is 116 cm³/mol. The molecule has 0 aliphatic heterocycles. The van der Waals surface area contributed by atoms with E-state index in [1.54, 1.807) is 22.0 Å². The molecule has 2 aliphatic carbocycles. The Hall–Kier alpha value is -1.60. The largest absolute Gasteiger partial charge is 0.353 e. The number of carbonyl (C=O) groups is 1. The maximum Gasteiger partial charge on any atom is 0.263 e. The fourth-order valence-electron chi connectivity index (χ4n) is 3.94. The maximum atomic E-state index is 13.2. The Bertz CT molecular complexity index is 974. The predicted octanol–water partition coefficient (Wildman–Crippen LogP) is 3.78. The number of carbonyl (C=O) groups excluding carboxylic acids is 1. The van der Waals surface area contributed by atoms with E-state index in [9.17, 15) is 9.59 Å². The first-order chi connectivity index (χ1) is 13.5. The first kappa shape index (κ1) is 19.7. The summed E-state index contributed by atoms with van der Waals surface area (Å²) in [6, 6.07) is 0.227. The topological polar surface area (TPSA) is 64.0 Å². The molecule has 1 saturated carbocycles. The number of rotatable bonds is 7. The van der Waals surface area contributed by atoms with Crippen molar-refractivity contribution in [2.75, 3.05) is 5.75 Å². The molecule has 1 amide bonds. The number of aryl methyl sites for hydroxylation is 1. The van der Waals surface area contributed by atoms with Gasteiger partial charge in [-0.1, -0.05) is 24.8 Å². The molecule has 2 aromatic rings. The molecule has 7 heteroatoms. The van der Waals surface area contributed by atoms with Crippen molar-refractivity contribution >= 4 is 39.2 Å². The number of hydrogen-bond acceptors (Lipinski definition) is 5. The third-order valence-electron chi connectivity index (χ3n) is 5.74. The molecule has 0 bridgehead atoms. The fraction of sp³-hybridized carbons (Fsp3) is 0.571. The lowest BCUT2D eigenvalue weighted by Crippen LogP contribution is -2.35. The zero-order valence-electron chi connectivity index (χ0n) is 16.5. The highest BCUT2D eigenvalue weighted by atomic mass is 32.2. The number of thiophene rings is 1. The van der Waals surface area contributed by atoms with Crippen LogP contribution in [0, 0.1) is 11.8 Å². The molecule has 1 N–H and O–H groups in total. The number of amides is 1. The van der Waals surface area contributed by atoms with Gasteiger partial charge in [-0.2, -0.15) is 0 Å². The average Bonchev–Trinajstić information content (AvgIpc) is 3.44. The van der Waals surface area contributed by atoms with Gasteiger partial charge >= 0.3 is 0 Å². The molecule has 2 atom stereocenters. The van der Waals surface area contributed by atoms with E-state index in [1.807, 2.05) is 0 Å². The van der Waals surface area contributed by atoms with Crippen LogP contribution in [0.5, 0.6) is 0 Å². The summed E-state index contributed by atoms with van der Waals surface area (Å²) < 4.78 is 1.67. The van der Waals surface area contributed by atoms with E-state index in [0.717, 1.165) is 29.5 Å². The van der Waals surface area contributed by atoms with Crippen molar-refractivity contribution in [1.82, 2.24) is 14.9 Å². The lowest BCUT2D eigenvalue weighted by Gasteiger charge is -2.17. The fourth-order valence-corrected chi connectivity index (χ4v) is 6.19. The summed E-state index contributed by atoms with van der Waals surface area (Å²) in [7, 11) is 0. The summed E-state index contributed by atoms with van der Waals surface area (Å²) in [6.07, 6.45) is 7.22. The van der Waals surface area contributed by atoms with Crippen LogP contribution in [-0.4, -0.2) is 27.3 Å². The van der Waals surface area contributed by atoms with E-state index in [-0.39, 0.29) is 23.3 Å². The second-order valence-corrected chi connectivity index (χ2v) is 10.1. The number of nitrogens with one attached hydrogen (secondary N) is 1. The molecule has 2 heterocycles. The highest BCUT2D eigenvalue weighted by molar-refractivity contribution is 7.99. The van der Waals surface area contributed by atoms with Crippen molar-refractivity contribution in [3.8, 4) is 0 Å². The summed E-state index contributed by atoms with van der Waals surface area (Å²) in [5.41, 5.74) is 1.20. The first-order valence-electron chi connectivity index (χ1n) is 10.1. The first-order valence-corrected chi connectivity index (χ1v) is 11.9. The number of aromatic nitrogens is 2. The zero-order chi connectivity index (χ0) is 19.8. The molecule has 0 spiro atoms. The monoisotopic (exact) mass is 417 g/mol. The summed E-state index contributed by atoms with van der Waals surface area (Å²) in [6.45, 7) is 8.53. The number of fused-ring (bicyclic) bond motifs is 3. The average molecular weight is 418 g/mol. The maximum absolute atomic E-state index is 13.2. The van der Waals surface area contributed by atoms with Crippen LogP contribution in [0.2, 0.25) is 0 Å². The summed E-state index contributed by atoms with van der Waals surface area (Å²) in [5, 5.41) is 4.46. The van der Waals surface area contributed by atoms with Crippen LogP contribution in [0.25, 0.3) is 10.2 Å². The van der Waals surface area contributed by atoms with E-state index in [2.05, 4.69) is 25.7 Å². The van der Waals surface area contributed by atoms with Crippen molar-refractivity contribution in [2.24, 2.45) is 11.8 Å². The highest BCUT2D eigenvalue weighted by Crippen LogP contribution is 2.36. The van der Waals surface area contributed by atoms with Gasteiger partial charge in [0, 0.05) is 17.5 Å². The van der Waals surface area contributed by atoms with Gasteiger partial charge < -0.3 is 5.32 Å². The van der Waals surface area contributed by atoms with Gasteiger partial charge in [0.1, 0.15) is 4.83 Å². The Labute approximate surface area is 173 Å². The van der Waals surface area contributed by atoms with Crippen LogP contribution >= 0.6 is 23.1 Å². The van der Waals surface area contributed by atoms with Gasteiger partial charge in [0.05, 0.1) is 11.1 Å². The third kappa shape index (κ3) is 3.92. The summed E-state index contributed by atoms with van der Waals surface area (Å²) in [5.74, 6) is 1.56. The van der Waals surface area contributed by atoms with Gasteiger partial charge in [-0.3, -0.25) is 14.2 Å². The molecular formula is C21H27N3O2S2. The Morgan fingerprint density at radius 2 is 2.25 bits per heavy atom. The minimum absolute atomic E-state index is 0.00296. The lowest BCUT2D eigenvalue weighted by atomic mass is 9.89. The normalized spacial score (nSPS) is 20.0. The second-order valence-electron chi connectivity index (χ2n) is 8.11. The molecule has 150 valence electrons.